The van der Waals surface area contributed by atoms with Crippen LogP contribution in [0.1, 0.15) is 30.8 Å². The summed E-state index contributed by atoms with van der Waals surface area (Å²) in [5.41, 5.74) is 0. The summed E-state index contributed by atoms with van der Waals surface area (Å²) in [5, 5.41) is 0. The van der Waals surface area contributed by atoms with E-state index in [0.717, 1.165) is 18.2 Å². The minimum atomic E-state index is -3.73. The maximum atomic E-state index is 13.2. The maximum absolute atomic E-state index is 13.2. The van der Waals surface area contributed by atoms with Crippen molar-refractivity contribution in [3.05, 3.63) is 53.7 Å². The summed E-state index contributed by atoms with van der Waals surface area (Å²) < 4.78 is 44.9. The van der Waals surface area contributed by atoms with E-state index in [1.165, 1.54) is 29.6 Å². The molecule has 1 aliphatic rings. The Hall–Kier alpha value is -1.66. The molecule has 1 heterocycles. The predicted octanol–water partition coefficient (Wildman–Crippen LogP) is 3.36. The highest BCUT2D eigenvalue weighted by Gasteiger charge is 2.36. The lowest BCUT2D eigenvalue weighted by Crippen LogP contribution is -2.26. The van der Waals surface area contributed by atoms with Crippen LogP contribution in [0.3, 0.4) is 0 Å². The molecule has 4 nitrogen and oxygen atoms in total. The van der Waals surface area contributed by atoms with E-state index in [9.17, 15) is 12.8 Å². The van der Waals surface area contributed by atoms with Crippen molar-refractivity contribution in [3.8, 4) is 0 Å². The van der Waals surface area contributed by atoms with Gasteiger partial charge in [0.1, 0.15) is 17.3 Å². The van der Waals surface area contributed by atoms with Crippen molar-refractivity contribution in [2.75, 3.05) is 7.05 Å². The largest absolute Gasteiger partial charge is 0.464 e. The molecule has 1 saturated carbocycles. The van der Waals surface area contributed by atoms with Crippen LogP contribution in [0.15, 0.2) is 45.7 Å². The van der Waals surface area contributed by atoms with Crippen molar-refractivity contribution in [1.29, 1.82) is 0 Å². The lowest BCUT2D eigenvalue weighted by molar-refractivity contribution is 0.389. The number of furan rings is 1. The molecule has 22 heavy (non-hydrogen) atoms. The van der Waals surface area contributed by atoms with Crippen molar-refractivity contribution in [3.63, 3.8) is 0 Å². The van der Waals surface area contributed by atoms with Crippen molar-refractivity contribution < 1.29 is 17.2 Å². The number of hydrogen-bond acceptors (Lipinski definition) is 3. The van der Waals surface area contributed by atoms with Gasteiger partial charge in [-0.1, -0.05) is 13.0 Å². The minimum Gasteiger partial charge on any atom is -0.464 e. The summed E-state index contributed by atoms with van der Waals surface area (Å²) in [6, 6.07) is 8.72. The Morgan fingerprint density at radius 2 is 2.05 bits per heavy atom. The number of sulfonamides is 1. The van der Waals surface area contributed by atoms with Crippen LogP contribution in [-0.2, 0) is 16.6 Å². The average Bonchev–Trinajstić information content (AvgIpc) is 3.02. The van der Waals surface area contributed by atoms with Gasteiger partial charge in [0.2, 0.25) is 10.0 Å². The first-order valence-corrected chi connectivity index (χ1v) is 8.62. The van der Waals surface area contributed by atoms with E-state index in [1.54, 1.807) is 6.07 Å². The van der Waals surface area contributed by atoms with Crippen LogP contribution in [0.25, 0.3) is 0 Å². The van der Waals surface area contributed by atoms with Gasteiger partial charge in [-0.3, -0.25) is 0 Å². The molecule has 0 amide bonds. The number of hydrogen-bond donors (Lipinski definition) is 0. The van der Waals surface area contributed by atoms with Gasteiger partial charge >= 0.3 is 0 Å². The smallest absolute Gasteiger partial charge is 0.243 e. The van der Waals surface area contributed by atoms with Crippen LogP contribution < -0.4 is 0 Å². The summed E-state index contributed by atoms with van der Waals surface area (Å²) >= 11 is 0. The molecule has 0 N–H and O–H groups in total. The molecule has 6 heteroatoms. The molecular formula is C16H18FNO3S. The van der Waals surface area contributed by atoms with E-state index in [2.05, 4.69) is 6.92 Å². The normalized spacial score (nSPS) is 21.3. The lowest BCUT2D eigenvalue weighted by Gasteiger charge is -2.16. The fourth-order valence-corrected chi connectivity index (χ4v) is 3.68. The number of halogens is 1. The molecule has 1 fully saturated rings. The zero-order chi connectivity index (χ0) is 15.9. The summed E-state index contributed by atoms with van der Waals surface area (Å²) in [5.74, 6) is 2.03. The van der Waals surface area contributed by atoms with Gasteiger partial charge in [0.25, 0.3) is 0 Å². The van der Waals surface area contributed by atoms with Crippen LogP contribution in [0.2, 0.25) is 0 Å². The second-order valence-corrected chi connectivity index (χ2v) is 7.89. The molecule has 0 bridgehead atoms. The van der Waals surface area contributed by atoms with Crippen LogP contribution in [0.4, 0.5) is 4.39 Å². The van der Waals surface area contributed by atoms with Crippen LogP contribution in [0, 0.1) is 11.7 Å². The molecular weight excluding hydrogens is 305 g/mol. The van der Waals surface area contributed by atoms with Crippen molar-refractivity contribution >= 4 is 10.0 Å². The van der Waals surface area contributed by atoms with Crippen molar-refractivity contribution in [1.82, 2.24) is 4.31 Å². The molecule has 0 radical (unpaired) electrons. The molecule has 0 unspecified atom stereocenters. The van der Waals surface area contributed by atoms with E-state index < -0.39 is 15.8 Å². The Morgan fingerprint density at radius 3 is 2.68 bits per heavy atom. The van der Waals surface area contributed by atoms with E-state index in [0.29, 0.717) is 17.6 Å². The van der Waals surface area contributed by atoms with Gasteiger partial charge in [-0.25, -0.2) is 12.8 Å². The molecule has 0 aliphatic heterocycles. The Kier molecular flexibility index (Phi) is 3.82. The molecule has 3 rings (SSSR count). The Labute approximate surface area is 129 Å². The van der Waals surface area contributed by atoms with E-state index in [1.807, 2.05) is 6.07 Å². The molecule has 0 saturated heterocycles. The molecule has 1 aliphatic carbocycles. The zero-order valence-electron chi connectivity index (χ0n) is 12.5. The fraction of sp³-hybridized carbons (Fsp3) is 0.375. The van der Waals surface area contributed by atoms with Crippen molar-refractivity contribution in [2.45, 2.75) is 30.7 Å². The van der Waals surface area contributed by atoms with Crippen LogP contribution in [0.5, 0.6) is 0 Å². The second-order valence-electron chi connectivity index (χ2n) is 5.84. The Bertz CT molecular complexity index is 784. The highest BCUT2D eigenvalue weighted by atomic mass is 32.2. The number of nitrogens with zero attached hydrogens (tertiary/aromatic N) is 1. The predicted molar refractivity (Wildman–Crippen MR) is 80.3 cm³/mol. The standard InChI is InChI=1S/C16H18FNO3S/c1-11-8-15(11)16-7-6-13(21-16)10-18(2)22(19,20)14-5-3-4-12(17)9-14/h3-7,9,11,15H,8,10H2,1-2H3/t11-,15-/m1/s1. The van der Waals surface area contributed by atoms with Crippen LogP contribution in [-0.4, -0.2) is 19.8 Å². The van der Waals surface area contributed by atoms with E-state index in [-0.39, 0.29) is 11.4 Å². The first-order valence-electron chi connectivity index (χ1n) is 7.18. The fourth-order valence-electron chi connectivity index (χ4n) is 2.51. The molecule has 0 spiro atoms. The highest BCUT2D eigenvalue weighted by molar-refractivity contribution is 7.89. The van der Waals surface area contributed by atoms with Crippen molar-refractivity contribution in [2.24, 2.45) is 5.92 Å². The zero-order valence-corrected chi connectivity index (χ0v) is 13.3. The quantitative estimate of drug-likeness (QED) is 0.848. The topological polar surface area (TPSA) is 50.5 Å². The molecule has 1 aromatic heterocycles. The van der Waals surface area contributed by atoms with Gasteiger partial charge in [-0.2, -0.15) is 4.31 Å². The summed E-state index contributed by atoms with van der Waals surface area (Å²) in [6.45, 7) is 2.29. The molecule has 1 aromatic carbocycles. The second kappa shape index (κ2) is 5.52. The Balaban J connectivity index is 1.76. The first kappa shape index (κ1) is 15.2. The van der Waals surface area contributed by atoms with Gasteiger partial charge in [0, 0.05) is 13.0 Å². The third-order valence-electron chi connectivity index (χ3n) is 4.04. The highest BCUT2D eigenvalue weighted by Crippen LogP contribution is 2.47. The molecule has 2 aromatic rings. The van der Waals surface area contributed by atoms with Gasteiger partial charge in [0.05, 0.1) is 11.4 Å². The van der Waals surface area contributed by atoms with E-state index in [4.69, 9.17) is 4.42 Å². The third-order valence-corrected chi connectivity index (χ3v) is 5.84. The maximum Gasteiger partial charge on any atom is 0.243 e. The summed E-state index contributed by atoms with van der Waals surface area (Å²) in [6.07, 6.45) is 1.12. The Morgan fingerprint density at radius 1 is 1.32 bits per heavy atom. The van der Waals surface area contributed by atoms with Gasteiger partial charge in [-0.05, 0) is 42.7 Å². The SMILES string of the molecule is C[C@@H]1C[C@H]1c1ccc(CN(C)S(=O)(=O)c2cccc(F)c2)o1. The minimum absolute atomic E-state index is 0.0578. The van der Waals surface area contributed by atoms with Gasteiger partial charge < -0.3 is 4.42 Å². The monoisotopic (exact) mass is 323 g/mol. The van der Waals surface area contributed by atoms with Gasteiger partial charge in [0.15, 0.2) is 0 Å². The first-order chi connectivity index (χ1) is 10.4. The van der Waals surface area contributed by atoms with Gasteiger partial charge in [-0.15, -0.1) is 0 Å². The number of benzene rings is 1. The molecule has 118 valence electrons. The molecule has 2 atom stereocenters. The number of rotatable bonds is 5. The summed E-state index contributed by atoms with van der Waals surface area (Å²) in [4.78, 5) is -0.0578. The van der Waals surface area contributed by atoms with E-state index >= 15 is 0 Å². The lowest BCUT2D eigenvalue weighted by atomic mass is 10.3. The third kappa shape index (κ3) is 2.94. The average molecular weight is 323 g/mol. The van der Waals surface area contributed by atoms with Crippen LogP contribution >= 0.6 is 0 Å². The summed E-state index contributed by atoms with van der Waals surface area (Å²) in [7, 11) is -2.27.